The van der Waals surface area contributed by atoms with E-state index in [4.69, 9.17) is 11.6 Å². The third-order valence-corrected chi connectivity index (χ3v) is 7.04. The lowest BCUT2D eigenvalue weighted by Gasteiger charge is -2.33. The lowest BCUT2D eigenvalue weighted by atomic mass is 10.1. The second-order valence-corrected chi connectivity index (χ2v) is 9.98. The number of benzene rings is 1. The van der Waals surface area contributed by atoms with Gasteiger partial charge in [-0.2, -0.15) is 0 Å². The van der Waals surface area contributed by atoms with Crippen molar-refractivity contribution in [2.75, 3.05) is 18.0 Å². The molecule has 1 aliphatic rings. The van der Waals surface area contributed by atoms with Gasteiger partial charge in [0.25, 0.3) is 11.5 Å². The van der Waals surface area contributed by atoms with Gasteiger partial charge in [0.2, 0.25) is 0 Å². The average molecular weight is 511 g/mol. The highest BCUT2D eigenvalue weighted by Crippen LogP contribution is 2.29. The summed E-state index contributed by atoms with van der Waals surface area (Å²) in [6.45, 7) is 1.48. The Bertz CT molecular complexity index is 1410. The zero-order chi connectivity index (χ0) is 24.4. The van der Waals surface area contributed by atoms with E-state index < -0.39 is 6.10 Å². The number of anilines is 1. The molecule has 5 rings (SSSR count). The minimum Gasteiger partial charge on any atom is -0.391 e. The Labute approximate surface area is 210 Å². The molecule has 1 aromatic carbocycles. The van der Waals surface area contributed by atoms with Gasteiger partial charge in [0.15, 0.2) is 0 Å². The first kappa shape index (κ1) is 23.3. The van der Waals surface area contributed by atoms with Crippen LogP contribution in [0.2, 0.25) is 4.34 Å². The molecule has 1 fully saturated rings. The molecule has 0 spiro atoms. The standard InChI is InChI=1S/C24H23ClN6O3S/c25-22-9-8-21(35-22)24(34)26-13-16-14-31(28-27-16)19-7-6-17(30-11-2-1-5-23(30)33)12-20(19)29-10-3-4-18(32)15-29/h1-2,5-9,11-12,14,18,32H,3-4,10,13,15H2,(H,26,34). The summed E-state index contributed by atoms with van der Waals surface area (Å²) in [6, 6.07) is 14.1. The van der Waals surface area contributed by atoms with E-state index in [-0.39, 0.29) is 18.0 Å². The maximum atomic E-state index is 12.4. The van der Waals surface area contributed by atoms with Gasteiger partial charge in [-0.3, -0.25) is 14.2 Å². The Balaban J connectivity index is 1.43. The number of nitrogens with one attached hydrogen (secondary N) is 1. The fraction of sp³-hybridized carbons (Fsp3) is 0.250. The van der Waals surface area contributed by atoms with Crippen LogP contribution in [0.5, 0.6) is 0 Å². The van der Waals surface area contributed by atoms with Gasteiger partial charge < -0.3 is 15.3 Å². The highest BCUT2D eigenvalue weighted by atomic mass is 35.5. The van der Waals surface area contributed by atoms with Crippen LogP contribution in [0.4, 0.5) is 5.69 Å². The van der Waals surface area contributed by atoms with Crippen LogP contribution in [0.25, 0.3) is 11.4 Å². The molecule has 1 atom stereocenters. The van der Waals surface area contributed by atoms with Crippen LogP contribution in [0.3, 0.4) is 0 Å². The molecule has 180 valence electrons. The van der Waals surface area contributed by atoms with E-state index in [1.807, 2.05) is 24.3 Å². The maximum absolute atomic E-state index is 12.4. The van der Waals surface area contributed by atoms with Crippen molar-refractivity contribution >= 4 is 34.5 Å². The summed E-state index contributed by atoms with van der Waals surface area (Å²) < 4.78 is 3.78. The molecule has 0 aliphatic carbocycles. The van der Waals surface area contributed by atoms with E-state index in [1.54, 1.807) is 39.8 Å². The predicted octanol–water partition coefficient (Wildman–Crippen LogP) is 3.02. The van der Waals surface area contributed by atoms with Gasteiger partial charge >= 0.3 is 0 Å². The molecular formula is C24H23ClN6O3S. The number of hydrogen-bond acceptors (Lipinski definition) is 7. The van der Waals surface area contributed by atoms with Gasteiger partial charge in [-0.05, 0) is 49.2 Å². The second-order valence-electron chi connectivity index (χ2n) is 8.26. The van der Waals surface area contributed by atoms with E-state index in [1.165, 1.54) is 17.4 Å². The Hall–Kier alpha value is -3.47. The van der Waals surface area contributed by atoms with Gasteiger partial charge in [0, 0.05) is 25.4 Å². The van der Waals surface area contributed by atoms with E-state index in [0.29, 0.717) is 21.5 Å². The van der Waals surface area contributed by atoms with Crippen LogP contribution >= 0.6 is 22.9 Å². The van der Waals surface area contributed by atoms with E-state index in [0.717, 1.165) is 36.4 Å². The molecule has 4 heterocycles. The van der Waals surface area contributed by atoms with Crippen molar-refractivity contribution in [3.8, 4) is 11.4 Å². The van der Waals surface area contributed by atoms with E-state index in [9.17, 15) is 14.7 Å². The summed E-state index contributed by atoms with van der Waals surface area (Å²) >= 11 is 7.13. The van der Waals surface area contributed by atoms with Gasteiger partial charge in [-0.15, -0.1) is 16.4 Å². The number of thiophene rings is 1. The highest BCUT2D eigenvalue weighted by molar-refractivity contribution is 7.17. The number of nitrogens with zero attached hydrogens (tertiary/aromatic N) is 5. The molecule has 0 radical (unpaired) electrons. The first-order valence-electron chi connectivity index (χ1n) is 11.2. The lowest BCUT2D eigenvalue weighted by molar-refractivity contribution is 0.0954. The number of halogens is 1. The van der Waals surface area contributed by atoms with Crippen LogP contribution in [0.1, 0.15) is 28.2 Å². The Morgan fingerprint density at radius 1 is 1.20 bits per heavy atom. The number of carbonyl (C=O) groups is 1. The number of rotatable bonds is 6. The monoisotopic (exact) mass is 510 g/mol. The van der Waals surface area contributed by atoms with Crippen LogP contribution in [0, 0.1) is 0 Å². The van der Waals surface area contributed by atoms with Crippen molar-refractivity contribution in [1.82, 2.24) is 24.9 Å². The average Bonchev–Trinajstić information content (AvgIpc) is 3.52. The van der Waals surface area contributed by atoms with E-state index in [2.05, 4.69) is 20.5 Å². The van der Waals surface area contributed by atoms with Gasteiger partial charge in [0.1, 0.15) is 5.69 Å². The molecule has 9 nitrogen and oxygen atoms in total. The predicted molar refractivity (Wildman–Crippen MR) is 135 cm³/mol. The molecule has 1 amide bonds. The maximum Gasteiger partial charge on any atom is 0.261 e. The Kier molecular flexibility index (Phi) is 6.67. The van der Waals surface area contributed by atoms with Crippen molar-refractivity contribution < 1.29 is 9.90 Å². The number of piperidine rings is 1. The third-order valence-electron chi connectivity index (χ3n) is 5.81. The number of β-amino-alcohol motifs (C(OH)–C–C–N with tert-alkyl or cyclic N) is 1. The Morgan fingerprint density at radius 3 is 2.86 bits per heavy atom. The summed E-state index contributed by atoms with van der Waals surface area (Å²) in [5.74, 6) is -0.225. The Morgan fingerprint density at radius 2 is 2.09 bits per heavy atom. The van der Waals surface area contributed by atoms with Crippen LogP contribution in [-0.4, -0.2) is 49.8 Å². The molecule has 35 heavy (non-hydrogen) atoms. The van der Waals surface area contributed by atoms with Crippen molar-refractivity contribution in [2.24, 2.45) is 0 Å². The summed E-state index contributed by atoms with van der Waals surface area (Å²) in [5, 5.41) is 21.6. The molecule has 3 aromatic heterocycles. The molecule has 0 saturated carbocycles. The van der Waals surface area contributed by atoms with Crippen LogP contribution in [0.15, 0.2) is 65.7 Å². The number of pyridine rings is 1. The summed E-state index contributed by atoms with van der Waals surface area (Å²) in [5.41, 5.74) is 2.79. The fourth-order valence-corrected chi connectivity index (χ4v) is 5.07. The zero-order valence-corrected chi connectivity index (χ0v) is 20.2. The molecule has 11 heteroatoms. The number of carbonyl (C=O) groups excluding carboxylic acids is 1. The van der Waals surface area contributed by atoms with Crippen LogP contribution < -0.4 is 15.8 Å². The number of hydrogen-bond donors (Lipinski definition) is 2. The smallest absolute Gasteiger partial charge is 0.261 e. The summed E-state index contributed by atoms with van der Waals surface area (Å²) in [6.07, 6.45) is 4.68. The normalized spacial score (nSPS) is 15.8. The molecule has 4 aromatic rings. The molecule has 1 unspecified atom stereocenters. The molecule has 1 aliphatic heterocycles. The van der Waals surface area contributed by atoms with Gasteiger partial charge in [-0.25, -0.2) is 4.68 Å². The number of aliphatic hydroxyl groups excluding tert-OH is 1. The highest BCUT2D eigenvalue weighted by Gasteiger charge is 2.22. The number of aliphatic hydroxyl groups is 1. The molecule has 2 N–H and O–H groups in total. The van der Waals surface area contributed by atoms with Crippen molar-refractivity contribution in [1.29, 1.82) is 0 Å². The topological polar surface area (TPSA) is 105 Å². The molecule has 1 saturated heterocycles. The van der Waals surface area contributed by atoms with Crippen molar-refractivity contribution in [3.05, 3.63) is 86.2 Å². The zero-order valence-electron chi connectivity index (χ0n) is 18.7. The van der Waals surface area contributed by atoms with E-state index >= 15 is 0 Å². The first-order chi connectivity index (χ1) is 17.0. The van der Waals surface area contributed by atoms with Crippen LogP contribution in [-0.2, 0) is 6.54 Å². The second kappa shape index (κ2) is 10.0. The summed E-state index contributed by atoms with van der Waals surface area (Å²) in [4.78, 5) is 27.3. The van der Waals surface area contributed by atoms with Crippen molar-refractivity contribution in [3.63, 3.8) is 0 Å². The fourth-order valence-electron chi connectivity index (χ4n) is 4.11. The number of aromatic nitrogens is 4. The lowest BCUT2D eigenvalue weighted by Crippen LogP contribution is -2.38. The first-order valence-corrected chi connectivity index (χ1v) is 12.4. The third kappa shape index (κ3) is 5.14. The van der Waals surface area contributed by atoms with Gasteiger partial charge in [0.05, 0.1) is 45.1 Å². The van der Waals surface area contributed by atoms with Crippen molar-refractivity contribution in [2.45, 2.75) is 25.5 Å². The molecule has 0 bridgehead atoms. The summed E-state index contributed by atoms with van der Waals surface area (Å²) in [7, 11) is 0. The van der Waals surface area contributed by atoms with Gasteiger partial charge in [-0.1, -0.05) is 22.9 Å². The largest absolute Gasteiger partial charge is 0.391 e. The minimum absolute atomic E-state index is 0.129. The number of amides is 1. The minimum atomic E-state index is -0.424. The quantitative estimate of drug-likeness (QED) is 0.413. The molecular weight excluding hydrogens is 488 g/mol. The SMILES string of the molecule is O=C(NCc1cn(-c2ccc(-n3ccccc3=O)cc2N2CCCC(O)C2)nn1)c1ccc(Cl)s1.